The number of nitrogens with zero attached hydrogens (tertiary/aromatic N) is 1. The molecule has 0 unspecified atom stereocenters. The van der Waals surface area contributed by atoms with Gasteiger partial charge < -0.3 is 14.4 Å². The Morgan fingerprint density at radius 2 is 1.95 bits per heavy atom. The van der Waals surface area contributed by atoms with Crippen molar-refractivity contribution >= 4 is 5.97 Å². The molecule has 1 aromatic carbocycles. The van der Waals surface area contributed by atoms with Crippen LogP contribution in [0.5, 0.6) is 5.75 Å². The topological polar surface area (TPSA) is 72.6 Å². The van der Waals surface area contributed by atoms with Crippen LogP contribution in [-0.4, -0.2) is 23.3 Å². The smallest absolute Gasteiger partial charge is 0.374 e. The molecule has 0 aliphatic heterocycles. The van der Waals surface area contributed by atoms with E-state index in [-0.39, 0.29) is 11.2 Å². The Kier molecular flexibility index (Phi) is 3.77. The third kappa shape index (κ3) is 2.91. The lowest BCUT2D eigenvalue weighted by molar-refractivity contribution is 0.0652. The molecule has 0 atom stereocenters. The molecule has 0 saturated heterocycles. The van der Waals surface area contributed by atoms with Crippen molar-refractivity contribution in [3.63, 3.8) is 0 Å². The second-order valence-electron chi connectivity index (χ2n) is 6.00. The molecule has 1 N–H and O–H groups in total. The Morgan fingerprint density at radius 1 is 1.29 bits per heavy atom. The average molecular weight is 289 g/mol. The molecule has 0 aliphatic rings. The largest absolute Gasteiger partial charge is 0.496 e. The van der Waals surface area contributed by atoms with Gasteiger partial charge in [0.25, 0.3) is 0 Å². The second kappa shape index (κ2) is 5.24. The van der Waals surface area contributed by atoms with E-state index in [1.54, 1.807) is 7.11 Å². The number of aromatic nitrogens is 1. The molecular formula is C16H19NO4. The summed E-state index contributed by atoms with van der Waals surface area (Å²) in [5.74, 6) is -0.487. The molecule has 0 spiro atoms. The van der Waals surface area contributed by atoms with Crippen LogP contribution < -0.4 is 4.74 Å². The number of ether oxygens (including phenoxy) is 1. The third-order valence-corrected chi connectivity index (χ3v) is 3.35. The molecule has 1 aromatic heterocycles. The van der Waals surface area contributed by atoms with Gasteiger partial charge in [0, 0.05) is 17.2 Å². The fourth-order valence-corrected chi connectivity index (χ4v) is 2.22. The van der Waals surface area contributed by atoms with Crippen LogP contribution in [0.1, 0.15) is 42.5 Å². The zero-order chi connectivity index (χ0) is 15.8. The summed E-state index contributed by atoms with van der Waals surface area (Å²) in [7, 11) is 1.64. The number of benzene rings is 1. The normalized spacial score (nSPS) is 11.5. The van der Waals surface area contributed by atoms with E-state index in [1.807, 2.05) is 19.1 Å². The maximum atomic E-state index is 10.9. The Labute approximate surface area is 123 Å². The SMILES string of the molecule is COc1cc(C)c(-c2cc(C(=O)O)on2)cc1C(C)(C)C. The molecule has 5 heteroatoms. The van der Waals surface area contributed by atoms with Gasteiger partial charge in [-0.2, -0.15) is 0 Å². The molecule has 0 aliphatic carbocycles. The average Bonchev–Trinajstić information content (AvgIpc) is 2.86. The van der Waals surface area contributed by atoms with Crippen molar-refractivity contribution in [2.75, 3.05) is 7.11 Å². The minimum absolute atomic E-state index is 0.104. The van der Waals surface area contributed by atoms with Crippen LogP contribution in [-0.2, 0) is 5.41 Å². The van der Waals surface area contributed by atoms with E-state index in [2.05, 4.69) is 25.9 Å². The van der Waals surface area contributed by atoms with Crippen molar-refractivity contribution in [3.8, 4) is 17.0 Å². The summed E-state index contributed by atoms with van der Waals surface area (Å²) in [5, 5.41) is 12.8. The van der Waals surface area contributed by atoms with Crippen LogP contribution in [0, 0.1) is 6.92 Å². The highest BCUT2D eigenvalue weighted by Crippen LogP contribution is 2.36. The maximum Gasteiger partial charge on any atom is 0.374 e. The first-order valence-corrected chi connectivity index (χ1v) is 6.63. The van der Waals surface area contributed by atoms with Gasteiger partial charge in [-0.05, 0) is 30.0 Å². The zero-order valence-corrected chi connectivity index (χ0v) is 12.9. The van der Waals surface area contributed by atoms with Crippen LogP contribution >= 0.6 is 0 Å². The molecular weight excluding hydrogens is 270 g/mol. The van der Waals surface area contributed by atoms with Crippen molar-refractivity contribution in [2.24, 2.45) is 0 Å². The predicted molar refractivity (Wildman–Crippen MR) is 78.9 cm³/mol. The van der Waals surface area contributed by atoms with Gasteiger partial charge in [0.1, 0.15) is 11.4 Å². The molecule has 5 nitrogen and oxygen atoms in total. The number of carboxylic acids is 1. The van der Waals surface area contributed by atoms with Gasteiger partial charge in [-0.3, -0.25) is 0 Å². The lowest BCUT2D eigenvalue weighted by Crippen LogP contribution is -2.13. The molecule has 0 saturated carbocycles. The fraction of sp³-hybridized carbons (Fsp3) is 0.375. The molecule has 0 bridgehead atoms. The van der Waals surface area contributed by atoms with Crippen molar-refractivity contribution in [1.82, 2.24) is 5.16 Å². The van der Waals surface area contributed by atoms with E-state index in [4.69, 9.17) is 14.4 Å². The first-order valence-electron chi connectivity index (χ1n) is 6.63. The summed E-state index contributed by atoms with van der Waals surface area (Å²) in [5.41, 5.74) is 3.23. The predicted octanol–water partition coefficient (Wildman–Crippen LogP) is 3.65. The number of aromatic carboxylic acids is 1. The summed E-state index contributed by atoms with van der Waals surface area (Å²) < 4.78 is 10.3. The molecule has 0 fully saturated rings. The van der Waals surface area contributed by atoms with Crippen molar-refractivity contribution in [2.45, 2.75) is 33.1 Å². The summed E-state index contributed by atoms with van der Waals surface area (Å²) in [6.45, 7) is 8.21. The van der Waals surface area contributed by atoms with E-state index >= 15 is 0 Å². The number of hydrogen-bond acceptors (Lipinski definition) is 4. The van der Waals surface area contributed by atoms with Gasteiger partial charge >= 0.3 is 5.97 Å². The maximum absolute atomic E-state index is 10.9. The molecule has 1 heterocycles. The Morgan fingerprint density at radius 3 is 2.43 bits per heavy atom. The first-order chi connectivity index (χ1) is 9.74. The number of aryl methyl sites for hydroxylation is 1. The van der Waals surface area contributed by atoms with E-state index in [1.165, 1.54) is 6.07 Å². The van der Waals surface area contributed by atoms with Crippen LogP contribution in [0.4, 0.5) is 0 Å². The highest BCUT2D eigenvalue weighted by molar-refractivity contribution is 5.86. The molecule has 2 aromatic rings. The Bertz CT molecular complexity index is 680. The zero-order valence-electron chi connectivity index (χ0n) is 12.9. The Hall–Kier alpha value is -2.30. The van der Waals surface area contributed by atoms with Gasteiger partial charge in [0.05, 0.1) is 7.11 Å². The van der Waals surface area contributed by atoms with Gasteiger partial charge in [0.2, 0.25) is 5.76 Å². The van der Waals surface area contributed by atoms with E-state index in [0.717, 1.165) is 22.4 Å². The fourth-order valence-electron chi connectivity index (χ4n) is 2.22. The van der Waals surface area contributed by atoms with E-state index in [9.17, 15) is 4.79 Å². The minimum Gasteiger partial charge on any atom is -0.496 e. The second-order valence-corrected chi connectivity index (χ2v) is 6.00. The summed E-state index contributed by atoms with van der Waals surface area (Å²) in [4.78, 5) is 10.9. The molecule has 21 heavy (non-hydrogen) atoms. The van der Waals surface area contributed by atoms with E-state index < -0.39 is 5.97 Å². The minimum atomic E-state index is -1.13. The standard InChI is InChI=1S/C16H19NO4/c1-9-6-13(20-5)11(16(2,3)4)7-10(9)12-8-14(15(18)19)21-17-12/h6-8H,1-5H3,(H,18,19). The summed E-state index contributed by atoms with van der Waals surface area (Å²) in [6.07, 6.45) is 0. The molecule has 2 rings (SSSR count). The van der Waals surface area contributed by atoms with Gasteiger partial charge in [-0.15, -0.1) is 0 Å². The summed E-state index contributed by atoms with van der Waals surface area (Å²) >= 11 is 0. The lowest BCUT2D eigenvalue weighted by Gasteiger charge is -2.23. The highest BCUT2D eigenvalue weighted by atomic mass is 16.5. The first kappa shape index (κ1) is 15.1. The number of methoxy groups -OCH3 is 1. The van der Waals surface area contributed by atoms with Gasteiger partial charge in [-0.1, -0.05) is 25.9 Å². The number of rotatable bonds is 3. The van der Waals surface area contributed by atoms with E-state index in [0.29, 0.717) is 5.69 Å². The lowest BCUT2D eigenvalue weighted by atomic mass is 9.84. The van der Waals surface area contributed by atoms with Gasteiger partial charge in [-0.25, -0.2) is 4.79 Å². The van der Waals surface area contributed by atoms with Crippen molar-refractivity contribution < 1.29 is 19.2 Å². The molecule has 0 radical (unpaired) electrons. The third-order valence-electron chi connectivity index (χ3n) is 3.35. The number of carbonyl (C=O) groups is 1. The van der Waals surface area contributed by atoms with Crippen LogP contribution in [0.25, 0.3) is 11.3 Å². The van der Waals surface area contributed by atoms with Crippen molar-refractivity contribution in [3.05, 3.63) is 35.1 Å². The number of hydrogen-bond donors (Lipinski definition) is 1. The molecule has 112 valence electrons. The van der Waals surface area contributed by atoms with Crippen molar-refractivity contribution in [1.29, 1.82) is 0 Å². The monoisotopic (exact) mass is 289 g/mol. The number of carboxylic acid groups (broad SMARTS) is 1. The van der Waals surface area contributed by atoms with Gasteiger partial charge in [0.15, 0.2) is 0 Å². The van der Waals surface area contributed by atoms with Crippen LogP contribution in [0.2, 0.25) is 0 Å². The quantitative estimate of drug-likeness (QED) is 0.933. The Balaban J connectivity index is 2.60. The summed E-state index contributed by atoms with van der Waals surface area (Å²) in [6, 6.07) is 5.35. The molecule has 0 amide bonds. The van der Waals surface area contributed by atoms with Crippen LogP contribution in [0.3, 0.4) is 0 Å². The highest BCUT2D eigenvalue weighted by Gasteiger charge is 2.22. The van der Waals surface area contributed by atoms with Crippen LogP contribution in [0.15, 0.2) is 22.7 Å².